The Kier molecular flexibility index (Phi) is 2.20. The van der Waals surface area contributed by atoms with Crippen LogP contribution < -0.4 is 5.73 Å². The molecule has 0 spiro atoms. The zero-order chi connectivity index (χ0) is 9.47. The van der Waals surface area contributed by atoms with Gasteiger partial charge in [-0.25, -0.2) is 0 Å². The second kappa shape index (κ2) is 3.10. The molecule has 0 bridgehead atoms. The quantitative estimate of drug-likeness (QED) is 0.802. The maximum Gasteiger partial charge on any atom is 0.0435 e. The zero-order valence-corrected chi connectivity index (χ0v) is 9.34. The Morgan fingerprint density at radius 2 is 2.00 bits per heavy atom. The van der Waals surface area contributed by atoms with Crippen LogP contribution in [0.2, 0.25) is 0 Å². The van der Waals surface area contributed by atoms with Crippen LogP contribution in [0.4, 0.5) is 0 Å². The van der Waals surface area contributed by atoms with E-state index in [0.29, 0.717) is 5.92 Å². The molecule has 1 fully saturated rings. The molecular weight excluding hydrogens is 226 g/mol. The summed E-state index contributed by atoms with van der Waals surface area (Å²) < 4.78 is 1.12. The lowest BCUT2D eigenvalue weighted by molar-refractivity contribution is 0.145. The number of hydrogen-bond acceptors (Lipinski definition) is 1. The molecule has 1 aliphatic carbocycles. The smallest absolute Gasteiger partial charge is 0.0435 e. The molecule has 1 nitrogen and oxygen atoms in total. The normalized spacial score (nSPS) is 32.7. The number of benzene rings is 1. The molecule has 0 amide bonds. The van der Waals surface area contributed by atoms with Crippen LogP contribution in [0.25, 0.3) is 0 Å². The van der Waals surface area contributed by atoms with Crippen LogP contribution in [-0.2, 0) is 5.54 Å². The summed E-state index contributed by atoms with van der Waals surface area (Å²) >= 11 is 3.43. The maximum absolute atomic E-state index is 6.30. The van der Waals surface area contributed by atoms with E-state index in [2.05, 4.69) is 47.1 Å². The van der Waals surface area contributed by atoms with E-state index < -0.39 is 0 Å². The minimum Gasteiger partial charge on any atom is -0.321 e. The minimum absolute atomic E-state index is 0.0549. The van der Waals surface area contributed by atoms with Gasteiger partial charge >= 0.3 is 0 Å². The molecule has 0 aliphatic heterocycles. The molecule has 70 valence electrons. The predicted molar refractivity (Wildman–Crippen MR) is 58.4 cm³/mol. The lowest BCUT2D eigenvalue weighted by Crippen LogP contribution is -2.50. The molecule has 13 heavy (non-hydrogen) atoms. The summed E-state index contributed by atoms with van der Waals surface area (Å²) in [6.45, 7) is 2.23. The summed E-state index contributed by atoms with van der Waals surface area (Å²) in [4.78, 5) is 0. The van der Waals surface area contributed by atoms with Crippen molar-refractivity contribution in [2.75, 3.05) is 0 Å². The summed E-state index contributed by atoms with van der Waals surface area (Å²) in [5.41, 5.74) is 7.52. The first kappa shape index (κ1) is 9.22. The Morgan fingerprint density at radius 1 is 1.38 bits per heavy atom. The van der Waals surface area contributed by atoms with Crippen LogP contribution in [0.3, 0.4) is 0 Å². The van der Waals surface area contributed by atoms with Gasteiger partial charge in [0, 0.05) is 10.0 Å². The van der Waals surface area contributed by atoms with Gasteiger partial charge in [0.1, 0.15) is 0 Å². The van der Waals surface area contributed by atoms with Crippen LogP contribution in [0, 0.1) is 5.92 Å². The van der Waals surface area contributed by atoms with E-state index in [-0.39, 0.29) is 5.54 Å². The van der Waals surface area contributed by atoms with Gasteiger partial charge in [-0.1, -0.05) is 35.0 Å². The average molecular weight is 240 g/mol. The first-order chi connectivity index (χ1) is 6.13. The average Bonchev–Trinajstić information content (AvgIpc) is 2.15. The highest BCUT2D eigenvalue weighted by molar-refractivity contribution is 9.10. The lowest BCUT2D eigenvalue weighted by atomic mass is 9.65. The van der Waals surface area contributed by atoms with Crippen LogP contribution in [0.1, 0.15) is 25.3 Å². The Balaban J connectivity index is 2.30. The van der Waals surface area contributed by atoms with Crippen molar-refractivity contribution in [2.24, 2.45) is 11.7 Å². The molecule has 0 saturated heterocycles. The minimum atomic E-state index is -0.0549. The monoisotopic (exact) mass is 239 g/mol. The molecule has 2 heteroatoms. The molecular formula is C11H14BrN. The van der Waals surface area contributed by atoms with Crippen molar-refractivity contribution < 1.29 is 0 Å². The third-order valence-corrected chi connectivity index (χ3v) is 3.78. The topological polar surface area (TPSA) is 26.0 Å². The number of rotatable bonds is 1. The van der Waals surface area contributed by atoms with Crippen LogP contribution in [0.15, 0.2) is 28.7 Å². The predicted octanol–water partition coefficient (Wildman–Crippen LogP) is 3.03. The SMILES string of the molecule is CC1CCC1(N)c1ccc(Br)cc1. The van der Waals surface area contributed by atoms with Crippen molar-refractivity contribution in [3.05, 3.63) is 34.3 Å². The van der Waals surface area contributed by atoms with E-state index in [9.17, 15) is 0 Å². The van der Waals surface area contributed by atoms with Crippen molar-refractivity contribution in [3.8, 4) is 0 Å². The summed E-state index contributed by atoms with van der Waals surface area (Å²) in [5.74, 6) is 0.619. The largest absolute Gasteiger partial charge is 0.321 e. The molecule has 2 atom stereocenters. The van der Waals surface area contributed by atoms with Gasteiger partial charge < -0.3 is 5.73 Å². The molecule has 0 radical (unpaired) electrons. The van der Waals surface area contributed by atoms with Gasteiger partial charge in [-0.2, -0.15) is 0 Å². The van der Waals surface area contributed by atoms with Gasteiger partial charge in [-0.05, 0) is 36.5 Å². The Bertz CT molecular complexity index is 306. The summed E-state index contributed by atoms with van der Waals surface area (Å²) in [7, 11) is 0. The lowest BCUT2D eigenvalue weighted by Gasteiger charge is -2.45. The van der Waals surface area contributed by atoms with E-state index >= 15 is 0 Å². The van der Waals surface area contributed by atoms with Crippen molar-refractivity contribution in [1.82, 2.24) is 0 Å². The second-order valence-corrected chi connectivity index (χ2v) is 4.90. The fraction of sp³-hybridized carbons (Fsp3) is 0.455. The molecule has 2 unspecified atom stereocenters. The Morgan fingerprint density at radius 3 is 2.38 bits per heavy atom. The third kappa shape index (κ3) is 1.42. The summed E-state index contributed by atoms with van der Waals surface area (Å²) in [5, 5.41) is 0. The zero-order valence-electron chi connectivity index (χ0n) is 7.76. The molecule has 2 rings (SSSR count). The van der Waals surface area contributed by atoms with Crippen LogP contribution >= 0.6 is 15.9 Å². The van der Waals surface area contributed by atoms with Gasteiger partial charge in [0.05, 0.1) is 0 Å². The first-order valence-electron chi connectivity index (χ1n) is 4.68. The Labute approximate surface area is 87.5 Å². The molecule has 1 aromatic rings. The van der Waals surface area contributed by atoms with E-state index in [4.69, 9.17) is 5.73 Å². The number of hydrogen-bond donors (Lipinski definition) is 1. The van der Waals surface area contributed by atoms with Crippen LogP contribution in [-0.4, -0.2) is 0 Å². The molecule has 1 saturated carbocycles. The molecule has 0 heterocycles. The number of halogens is 1. The van der Waals surface area contributed by atoms with Crippen molar-refractivity contribution >= 4 is 15.9 Å². The van der Waals surface area contributed by atoms with Gasteiger partial charge in [0.2, 0.25) is 0 Å². The van der Waals surface area contributed by atoms with Crippen molar-refractivity contribution in [1.29, 1.82) is 0 Å². The fourth-order valence-electron chi connectivity index (χ4n) is 1.93. The highest BCUT2D eigenvalue weighted by atomic mass is 79.9. The van der Waals surface area contributed by atoms with Crippen molar-refractivity contribution in [2.45, 2.75) is 25.3 Å². The Hall–Kier alpha value is -0.340. The van der Waals surface area contributed by atoms with Gasteiger partial charge in [-0.3, -0.25) is 0 Å². The van der Waals surface area contributed by atoms with E-state index in [0.717, 1.165) is 10.9 Å². The molecule has 1 aliphatic rings. The molecule has 1 aromatic carbocycles. The molecule has 2 N–H and O–H groups in total. The van der Waals surface area contributed by atoms with Gasteiger partial charge in [0.25, 0.3) is 0 Å². The van der Waals surface area contributed by atoms with Crippen LogP contribution in [0.5, 0.6) is 0 Å². The fourth-order valence-corrected chi connectivity index (χ4v) is 2.20. The third-order valence-electron chi connectivity index (χ3n) is 3.25. The van der Waals surface area contributed by atoms with Gasteiger partial charge in [-0.15, -0.1) is 0 Å². The maximum atomic E-state index is 6.30. The number of nitrogens with two attached hydrogens (primary N) is 1. The second-order valence-electron chi connectivity index (χ2n) is 3.99. The standard InChI is InChI=1S/C11H14BrN/c1-8-6-7-11(8,13)9-2-4-10(12)5-3-9/h2-5,8H,6-7,13H2,1H3. The van der Waals surface area contributed by atoms with E-state index in [1.165, 1.54) is 12.0 Å². The summed E-state index contributed by atoms with van der Waals surface area (Å²) in [6, 6.07) is 8.38. The highest BCUT2D eigenvalue weighted by Crippen LogP contribution is 2.44. The summed E-state index contributed by atoms with van der Waals surface area (Å²) in [6.07, 6.45) is 2.38. The highest BCUT2D eigenvalue weighted by Gasteiger charge is 2.41. The first-order valence-corrected chi connectivity index (χ1v) is 5.47. The van der Waals surface area contributed by atoms with Gasteiger partial charge in [0.15, 0.2) is 0 Å². The van der Waals surface area contributed by atoms with E-state index in [1.54, 1.807) is 0 Å². The van der Waals surface area contributed by atoms with E-state index in [1.807, 2.05) is 0 Å². The molecule has 0 aromatic heterocycles. The van der Waals surface area contributed by atoms with Crippen molar-refractivity contribution in [3.63, 3.8) is 0 Å².